The molecule has 1 aromatic carbocycles. The van der Waals surface area contributed by atoms with Crippen molar-refractivity contribution in [2.75, 3.05) is 10.6 Å². The Balaban J connectivity index is 1.53. The molecular formula is C23H24N6O. The fourth-order valence-electron chi connectivity index (χ4n) is 3.64. The number of allylic oxidation sites excluding steroid dienone is 1. The van der Waals surface area contributed by atoms with Crippen molar-refractivity contribution in [2.24, 2.45) is 0 Å². The van der Waals surface area contributed by atoms with Crippen LogP contribution >= 0.6 is 0 Å². The van der Waals surface area contributed by atoms with Crippen LogP contribution in [0.3, 0.4) is 0 Å². The van der Waals surface area contributed by atoms with Crippen molar-refractivity contribution >= 4 is 29.3 Å². The number of hydrogen-bond acceptors (Lipinski definition) is 5. The number of hydrogen-bond donors (Lipinski definition) is 3. The van der Waals surface area contributed by atoms with E-state index in [4.69, 9.17) is 4.98 Å². The Kier molecular flexibility index (Phi) is 4.50. The highest BCUT2D eigenvalue weighted by molar-refractivity contribution is 6.02. The molecule has 3 heterocycles. The van der Waals surface area contributed by atoms with Crippen molar-refractivity contribution in [3.63, 3.8) is 0 Å². The molecule has 7 nitrogen and oxygen atoms in total. The number of nitrogens with one attached hydrogen (secondary N) is 3. The number of anilines is 2. The summed E-state index contributed by atoms with van der Waals surface area (Å²) in [6, 6.07) is 12.8. The summed E-state index contributed by atoms with van der Waals surface area (Å²) < 4.78 is 1.81. The van der Waals surface area contributed by atoms with Gasteiger partial charge in [-0.05, 0) is 31.4 Å². The van der Waals surface area contributed by atoms with Crippen LogP contribution < -0.4 is 16.0 Å². The lowest BCUT2D eigenvalue weighted by Crippen LogP contribution is -2.13. The van der Waals surface area contributed by atoms with Crippen LogP contribution in [0, 0.1) is 0 Å². The molecule has 3 N–H and O–H groups in total. The van der Waals surface area contributed by atoms with E-state index in [2.05, 4.69) is 46.7 Å². The smallest absolute Gasteiger partial charge is 0.251 e. The van der Waals surface area contributed by atoms with Gasteiger partial charge in [0.25, 0.3) is 5.91 Å². The minimum Gasteiger partial charge on any atom is -0.367 e. The number of rotatable bonds is 6. The topological polar surface area (TPSA) is 83.3 Å². The lowest BCUT2D eigenvalue weighted by atomic mass is 10.1. The van der Waals surface area contributed by atoms with Crippen LogP contribution in [-0.2, 0) is 4.79 Å². The van der Waals surface area contributed by atoms with Crippen LogP contribution in [0.15, 0.2) is 60.4 Å². The van der Waals surface area contributed by atoms with Crippen LogP contribution in [-0.4, -0.2) is 26.5 Å². The van der Waals surface area contributed by atoms with E-state index in [1.54, 1.807) is 6.20 Å². The second kappa shape index (κ2) is 7.33. The van der Waals surface area contributed by atoms with Gasteiger partial charge in [0.05, 0.1) is 6.20 Å². The Labute approximate surface area is 174 Å². The predicted octanol–water partition coefficient (Wildman–Crippen LogP) is 3.89. The third-order valence-corrected chi connectivity index (χ3v) is 5.41. The summed E-state index contributed by atoms with van der Waals surface area (Å²) in [5.74, 6) is 1.56. The fraction of sp³-hybridized carbons (Fsp3) is 0.261. The van der Waals surface area contributed by atoms with Crippen molar-refractivity contribution in [1.82, 2.24) is 19.9 Å². The van der Waals surface area contributed by atoms with Crippen molar-refractivity contribution in [1.29, 1.82) is 0 Å². The van der Waals surface area contributed by atoms with E-state index in [0.29, 0.717) is 29.4 Å². The monoisotopic (exact) mass is 400 g/mol. The summed E-state index contributed by atoms with van der Waals surface area (Å²) in [6.07, 6.45) is 6.45. The fourth-order valence-corrected chi connectivity index (χ4v) is 3.64. The summed E-state index contributed by atoms with van der Waals surface area (Å²) in [5, 5.41) is 14.3. The average molecular weight is 400 g/mol. The van der Waals surface area contributed by atoms with Gasteiger partial charge in [-0.25, -0.2) is 4.98 Å². The lowest BCUT2D eigenvalue weighted by molar-refractivity contribution is -0.115. The SMILES string of the molecule is C=C1C/C(=C\c2cnn3c(NC4CC4)cc(NC(C)c4ccccc4)nc23)C(=O)N1. The Morgan fingerprint density at radius 3 is 2.80 bits per heavy atom. The van der Waals surface area contributed by atoms with E-state index in [9.17, 15) is 4.79 Å². The molecule has 1 aliphatic carbocycles. The molecule has 1 saturated carbocycles. The first-order chi connectivity index (χ1) is 14.6. The lowest BCUT2D eigenvalue weighted by Gasteiger charge is -2.17. The third kappa shape index (κ3) is 3.66. The van der Waals surface area contributed by atoms with Crippen molar-refractivity contribution in [2.45, 2.75) is 38.3 Å². The van der Waals surface area contributed by atoms with Crippen LogP contribution in [0.25, 0.3) is 11.7 Å². The van der Waals surface area contributed by atoms with E-state index in [1.807, 2.05) is 34.9 Å². The van der Waals surface area contributed by atoms with E-state index < -0.39 is 0 Å². The molecule has 7 heteroatoms. The molecule has 0 spiro atoms. The number of aromatic nitrogens is 3. The largest absolute Gasteiger partial charge is 0.367 e. The minimum absolute atomic E-state index is 0.101. The zero-order valence-electron chi connectivity index (χ0n) is 16.9. The average Bonchev–Trinajstić information content (AvgIpc) is 3.37. The summed E-state index contributed by atoms with van der Waals surface area (Å²) in [4.78, 5) is 17.0. The highest BCUT2D eigenvalue weighted by atomic mass is 16.2. The molecule has 1 aliphatic heterocycles. The van der Waals surface area contributed by atoms with Gasteiger partial charge in [0.1, 0.15) is 11.6 Å². The van der Waals surface area contributed by atoms with Crippen molar-refractivity contribution in [3.05, 3.63) is 71.6 Å². The van der Waals surface area contributed by atoms with Gasteiger partial charge < -0.3 is 16.0 Å². The first-order valence-corrected chi connectivity index (χ1v) is 10.2. The normalized spacial score (nSPS) is 18.6. The highest BCUT2D eigenvalue weighted by Gasteiger charge is 2.24. The third-order valence-electron chi connectivity index (χ3n) is 5.41. The molecule has 1 atom stereocenters. The van der Waals surface area contributed by atoms with Crippen LogP contribution in [0.2, 0.25) is 0 Å². The van der Waals surface area contributed by atoms with Gasteiger partial charge in [0.15, 0.2) is 5.65 Å². The van der Waals surface area contributed by atoms with E-state index in [-0.39, 0.29) is 11.9 Å². The molecule has 5 rings (SSSR count). The number of carbonyl (C=O) groups is 1. The molecule has 152 valence electrons. The molecule has 2 fully saturated rings. The Morgan fingerprint density at radius 1 is 1.30 bits per heavy atom. The zero-order chi connectivity index (χ0) is 20.7. The van der Waals surface area contributed by atoms with E-state index in [1.165, 1.54) is 5.56 Å². The number of benzene rings is 1. The van der Waals surface area contributed by atoms with Gasteiger partial charge in [-0.2, -0.15) is 9.61 Å². The Morgan fingerprint density at radius 2 is 2.10 bits per heavy atom. The number of amides is 1. The molecule has 30 heavy (non-hydrogen) atoms. The molecule has 1 unspecified atom stereocenters. The summed E-state index contributed by atoms with van der Waals surface area (Å²) in [5.41, 5.74) is 4.09. The quantitative estimate of drug-likeness (QED) is 0.547. The molecular weight excluding hydrogens is 376 g/mol. The first-order valence-electron chi connectivity index (χ1n) is 10.2. The molecule has 0 bridgehead atoms. The maximum absolute atomic E-state index is 12.1. The van der Waals surface area contributed by atoms with Crippen LogP contribution in [0.4, 0.5) is 11.6 Å². The molecule has 0 radical (unpaired) electrons. The number of nitrogens with zero attached hydrogens (tertiary/aromatic N) is 3. The number of carbonyl (C=O) groups excluding carboxylic acids is 1. The maximum Gasteiger partial charge on any atom is 0.251 e. The first kappa shape index (κ1) is 18.4. The number of fused-ring (bicyclic) bond motifs is 1. The summed E-state index contributed by atoms with van der Waals surface area (Å²) in [7, 11) is 0. The van der Waals surface area contributed by atoms with E-state index in [0.717, 1.165) is 30.0 Å². The van der Waals surface area contributed by atoms with Gasteiger partial charge in [-0.1, -0.05) is 36.9 Å². The Hall–Kier alpha value is -3.61. The molecule has 3 aromatic rings. The Bertz CT molecular complexity index is 1160. The van der Waals surface area contributed by atoms with Gasteiger partial charge in [-0.3, -0.25) is 4.79 Å². The summed E-state index contributed by atoms with van der Waals surface area (Å²) >= 11 is 0. The summed E-state index contributed by atoms with van der Waals surface area (Å²) in [6.45, 7) is 5.96. The molecule has 1 saturated heterocycles. The molecule has 2 aromatic heterocycles. The standard InChI is InChI=1S/C23H24N6O/c1-14-10-17(23(30)25-14)11-18-13-24-29-21(27-19-8-9-19)12-20(28-22(18)29)26-15(2)16-6-4-3-5-7-16/h3-7,11-13,15,19,27H,1,8-10H2,2H3,(H,25,30)(H,26,28)/b17-11+. The van der Waals surface area contributed by atoms with Crippen LogP contribution in [0.1, 0.15) is 43.4 Å². The van der Waals surface area contributed by atoms with Crippen molar-refractivity contribution < 1.29 is 4.79 Å². The van der Waals surface area contributed by atoms with Crippen LogP contribution in [0.5, 0.6) is 0 Å². The van der Waals surface area contributed by atoms with E-state index >= 15 is 0 Å². The molecule has 1 amide bonds. The minimum atomic E-state index is -0.109. The molecule has 2 aliphatic rings. The van der Waals surface area contributed by atoms with Gasteiger partial charge >= 0.3 is 0 Å². The predicted molar refractivity (Wildman–Crippen MR) is 118 cm³/mol. The highest BCUT2D eigenvalue weighted by Crippen LogP contribution is 2.29. The maximum atomic E-state index is 12.1. The van der Waals surface area contributed by atoms with Gasteiger partial charge in [0, 0.05) is 41.4 Å². The van der Waals surface area contributed by atoms with Crippen molar-refractivity contribution in [3.8, 4) is 0 Å². The van der Waals surface area contributed by atoms with Gasteiger partial charge in [-0.15, -0.1) is 0 Å². The zero-order valence-corrected chi connectivity index (χ0v) is 16.9. The second-order valence-corrected chi connectivity index (χ2v) is 7.96. The van der Waals surface area contributed by atoms with Gasteiger partial charge in [0.2, 0.25) is 0 Å². The second-order valence-electron chi connectivity index (χ2n) is 7.96.